The van der Waals surface area contributed by atoms with E-state index in [-0.39, 0.29) is 11.6 Å². The molecule has 0 bridgehead atoms. The quantitative estimate of drug-likeness (QED) is 0.818. The second-order valence-corrected chi connectivity index (χ2v) is 3.10. The van der Waals surface area contributed by atoms with Crippen LogP contribution in [0.3, 0.4) is 0 Å². The number of para-hydroxylation sites is 1. The molecule has 1 heterocycles. The Kier molecular flexibility index (Phi) is 2.29. The summed E-state index contributed by atoms with van der Waals surface area (Å²) in [5.41, 5.74) is 5.98. The second-order valence-electron chi connectivity index (χ2n) is 3.10. The molecule has 0 radical (unpaired) electrons. The lowest BCUT2D eigenvalue weighted by atomic mass is 10.3. The van der Waals surface area contributed by atoms with Crippen LogP contribution in [0, 0.1) is 5.82 Å². The Morgan fingerprint density at radius 2 is 2.13 bits per heavy atom. The Morgan fingerprint density at radius 1 is 1.40 bits per heavy atom. The van der Waals surface area contributed by atoms with Crippen LogP contribution >= 0.6 is 0 Å². The average molecular weight is 207 g/mol. The highest BCUT2D eigenvalue weighted by Gasteiger charge is 2.09. The SMILES string of the molecule is Cn1cc(N)c(Oc2ccccc2F)n1. The molecule has 78 valence electrons. The number of rotatable bonds is 2. The average Bonchev–Trinajstić information content (AvgIpc) is 2.49. The van der Waals surface area contributed by atoms with Crippen LogP contribution in [0.4, 0.5) is 10.1 Å². The molecule has 1 aromatic heterocycles. The fraction of sp³-hybridized carbons (Fsp3) is 0.100. The summed E-state index contributed by atoms with van der Waals surface area (Å²) >= 11 is 0. The molecule has 0 unspecified atom stereocenters. The predicted octanol–water partition coefficient (Wildman–Crippen LogP) is 1.93. The summed E-state index contributed by atoms with van der Waals surface area (Å²) in [7, 11) is 1.71. The van der Waals surface area contributed by atoms with Gasteiger partial charge < -0.3 is 10.5 Å². The van der Waals surface area contributed by atoms with Gasteiger partial charge in [-0.1, -0.05) is 12.1 Å². The van der Waals surface area contributed by atoms with Crippen molar-refractivity contribution in [3.8, 4) is 11.6 Å². The van der Waals surface area contributed by atoms with E-state index in [0.29, 0.717) is 5.69 Å². The lowest BCUT2D eigenvalue weighted by Gasteiger charge is -2.03. The van der Waals surface area contributed by atoms with Gasteiger partial charge in [0, 0.05) is 7.05 Å². The third-order valence-corrected chi connectivity index (χ3v) is 1.86. The highest BCUT2D eigenvalue weighted by Crippen LogP contribution is 2.26. The number of hydrogen-bond acceptors (Lipinski definition) is 3. The number of nitrogens with zero attached hydrogens (tertiary/aromatic N) is 2. The molecule has 1 aromatic carbocycles. The summed E-state index contributed by atoms with van der Waals surface area (Å²) in [5, 5.41) is 3.95. The van der Waals surface area contributed by atoms with Gasteiger partial charge in [-0.15, -0.1) is 5.10 Å². The van der Waals surface area contributed by atoms with Gasteiger partial charge in [0.05, 0.1) is 6.20 Å². The van der Waals surface area contributed by atoms with Crippen LogP contribution in [-0.4, -0.2) is 9.78 Å². The fourth-order valence-electron chi connectivity index (χ4n) is 1.20. The zero-order valence-electron chi connectivity index (χ0n) is 8.14. The van der Waals surface area contributed by atoms with E-state index in [9.17, 15) is 4.39 Å². The largest absolute Gasteiger partial charge is 0.433 e. The molecule has 0 amide bonds. The van der Waals surface area contributed by atoms with Crippen LogP contribution in [0.5, 0.6) is 11.6 Å². The number of nitrogen functional groups attached to an aromatic ring is 1. The molecule has 0 aliphatic carbocycles. The first-order valence-corrected chi connectivity index (χ1v) is 4.38. The molecule has 0 aliphatic heterocycles. The maximum atomic E-state index is 13.2. The first-order valence-electron chi connectivity index (χ1n) is 4.38. The molecule has 0 aliphatic rings. The van der Waals surface area contributed by atoms with E-state index in [4.69, 9.17) is 10.5 Å². The van der Waals surface area contributed by atoms with Crippen molar-refractivity contribution in [2.45, 2.75) is 0 Å². The number of hydrogen-bond donors (Lipinski definition) is 1. The molecule has 0 fully saturated rings. The zero-order valence-corrected chi connectivity index (χ0v) is 8.14. The Bertz CT molecular complexity index is 481. The number of benzene rings is 1. The van der Waals surface area contributed by atoms with Gasteiger partial charge in [-0.3, -0.25) is 4.68 Å². The molecular formula is C10H10FN3O. The van der Waals surface area contributed by atoms with Crippen LogP contribution in [0.25, 0.3) is 0 Å². The number of anilines is 1. The highest BCUT2D eigenvalue weighted by molar-refractivity contribution is 5.47. The number of ether oxygens (including phenoxy) is 1. The molecule has 0 atom stereocenters. The van der Waals surface area contributed by atoms with Gasteiger partial charge in [0.1, 0.15) is 5.69 Å². The van der Waals surface area contributed by atoms with E-state index in [1.54, 1.807) is 25.4 Å². The topological polar surface area (TPSA) is 53.1 Å². The van der Waals surface area contributed by atoms with Crippen molar-refractivity contribution in [3.05, 3.63) is 36.3 Å². The van der Waals surface area contributed by atoms with E-state index in [0.717, 1.165) is 0 Å². The molecule has 0 spiro atoms. The van der Waals surface area contributed by atoms with Crippen molar-refractivity contribution in [1.29, 1.82) is 0 Å². The Labute approximate surface area is 86.1 Å². The Morgan fingerprint density at radius 3 is 2.73 bits per heavy atom. The number of nitrogens with two attached hydrogens (primary N) is 1. The number of aromatic nitrogens is 2. The summed E-state index contributed by atoms with van der Waals surface area (Å²) in [5.74, 6) is -0.118. The van der Waals surface area contributed by atoms with Crippen molar-refractivity contribution in [3.63, 3.8) is 0 Å². The first-order chi connectivity index (χ1) is 7.16. The lowest BCUT2D eigenvalue weighted by molar-refractivity contribution is 0.423. The molecule has 15 heavy (non-hydrogen) atoms. The van der Waals surface area contributed by atoms with E-state index >= 15 is 0 Å². The fourth-order valence-corrected chi connectivity index (χ4v) is 1.20. The van der Waals surface area contributed by atoms with Gasteiger partial charge >= 0.3 is 0 Å². The summed E-state index contributed by atoms with van der Waals surface area (Å²) in [6.45, 7) is 0. The van der Waals surface area contributed by atoms with E-state index in [2.05, 4.69) is 5.10 Å². The zero-order chi connectivity index (χ0) is 10.8. The minimum atomic E-state index is -0.442. The van der Waals surface area contributed by atoms with Crippen molar-refractivity contribution in [1.82, 2.24) is 9.78 Å². The summed E-state index contributed by atoms with van der Waals surface area (Å²) in [6, 6.07) is 6.10. The molecule has 5 heteroatoms. The molecule has 2 rings (SSSR count). The van der Waals surface area contributed by atoms with Gasteiger partial charge in [0.25, 0.3) is 5.88 Å². The van der Waals surface area contributed by atoms with Gasteiger partial charge in [-0.2, -0.15) is 0 Å². The molecule has 0 saturated carbocycles. The smallest absolute Gasteiger partial charge is 0.261 e. The van der Waals surface area contributed by atoms with Gasteiger partial charge in [-0.25, -0.2) is 4.39 Å². The van der Waals surface area contributed by atoms with Crippen molar-refractivity contribution >= 4 is 5.69 Å². The molecular weight excluding hydrogens is 197 g/mol. The van der Waals surface area contributed by atoms with Crippen LogP contribution in [0.2, 0.25) is 0 Å². The van der Waals surface area contributed by atoms with Crippen LogP contribution < -0.4 is 10.5 Å². The molecule has 0 saturated heterocycles. The molecule has 4 nitrogen and oxygen atoms in total. The van der Waals surface area contributed by atoms with Crippen LogP contribution in [-0.2, 0) is 7.05 Å². The number of halogens is 1. The third kappa shape index (κ3) is 1.90. The Balaban J connectivity index is 2.29. The van der Waals surface area contributed by atoms with E-state index in [1.165, 1.54) is 16.8 Å². The summed E-state index contributed by atoms with van der Waals surface area (Å²) < 4.78 is 19.9. The third-order valence-electron chi connectivity index (χ3n) is 1.86. The minimum Gasteiger partial charge on any atom is -0.433 e. The van der Waals surface area contributed by atoms with Crippen LogP contribution in [0.1, 0.15) is 0 Å². The monoisotopic (exact) mass is 207 g/mol. The Hall–Kier alpha value is -2.04. The van der Waals surface area contributed by atoms with Crippen molar-refractivity contribution in [2.24, 2.45) is 7.05 Å². The van der Waals surface area contributed by atoms with Gasteiger partial charge in [0.15, 0.2) is 11.6 Å². The van der Waals surface area contributed by atoms with E-state index < -0.39 is 5.82 Å². The standard InChI is InChI=1S/C10H10FN3O/c1-14-6-8(12)10(13-14)15-9-5-3-2-4-7(9)11/h2-6H,12H2,1H3. The normalized spacial score (nSPS) is 10.3. The highest BCUT2D eigenvalue weighted by atomic mass is 19.1. The van der Waals surface area contributed by atoms with Gasteiger partial charge in [0.2, 0.25) is 0 Å². The minimum absolute atomic E-state index is 0.114. The number of aryl methyl sites for hydroxylation is 1. The first kappa shape index (κ1) is 9.51. The van der Waals surface area contributed by atoms with Crippen LogP contribution in [0.15, 0.2) is 30.5 Å². The lowest BCUT2D eigenvalue weighted by Crippen LogP contribution is -1.92. The maximum Gasteiger partial charge on any atom is 0.261 e. The second kappa shape index (κ2) is 3.61. The molecule has 2 aromatic rings. The maximum absolute atomic E-state index is 13.2. The predicted molar refractivity (Wildman–Crippen MR) is 54.1 cm³/mol. The summed E-state index contributed by atoms with van der Waals surface area (Å²) in [6.07, 6.45) is 1.59. The summed E-state index contributed by atoms with van der Waals surface area (Å²) in [4.78, 5) is 0. The van der Waals surface area contributed by atoms with Crippen molar-refractivity contribution < 1.29 is 9.13 Å². The van der Waals surface area contributed by atoms with E-state index in [1.807, 2.05) is 0 Å². The molecule has 2 N–H and O–H groups in total. The van der Waals surface area contributed by atoms with Gasteiger partial charge in [-0.05, 0) is 12.1 Å². The van der Waals surface area contributed by atoms with Crippen molar-refractivity contribution in [2.75, 3.05) is 5.73 Å².